The number of nitrogens with one attached hydrogen (secondary N) is 1. The molecule has 1 unspecified atom stereocenters. The molecule has 1 amide bonds. The number of aromatic nitrogens is 4. The van der Waals surface area contributed by atoms with Crippen molar-refractivity contribution in [3.8, 4) is 11.5 Å². The van der Waals surface area contributed by atoms with Gasteiger partial charge in [-0.1, -0.05) is 23.5 Å². The first-order chi connectivity index (χ1) is 17.1. The number of alkyl halides is 3. The summed E-state index contributed by atoms with van der Waals surface area (Å²) in [5, 5.41) is -0.517. The molecule has 3 aromatic heterocycles. The van der Waals surface area contributed by atoms with E-state index in [0.717, 1.165) is 22.5 Å². The number of thiazole rings is 1. The van der Waals surface area contributed by atoms with Crippen molar-refractivity contribution < 1.29 is 18.0 Å². The molecule has 1 aliphatic rings. The van der Waals surface area contributed by atoms with Crippen LogP contribution in [0.25, 0.3) is 22.6 Å². The van der Waals surface area contributed by atoms with Gasteiger partial charge in [-0.05, 0) is 50.6 Å². The van der Waals surface area contributed by atoms with E-state index in [1.54, 1.807) is 11.0 Å². The fourth-order valence-corrected chi connectivity index (χ4v) is 5.62. The molecule has 36 heavy (non-hydrogen) atoms. The molecule has 1 N–H and O–H groups in total. The lowest BCUT2D eigenvalue weighted by Crippen LogP contribution is -2.54. The maximum Gasteiger partial charge on any atom is 0.443 e. The van der Waals surface area contributed by atoms with Crippen molar-refractivity contribution in [3.63, 3.8) is 0 Å². The first kappa shape index (κ1) is 24.2. The Labute approximate surface area is 210 Å². The number of benzene rings is 1. The van der Waals surface area contributed by atoms with Gasteiger partial charge >= 0.3 is 6.18 Å². The molecule has 1 aromatic carbocycles. The van der Waals surface area contributed by atoms with Gasteiger partial charge in [-0.15, -0.1) is 0 Å². The van der Waals surface area contributed by atoms with Crippen molar-refractivity contribution in [1.29, 1.82) is 0 Å². The Morgan fingerprint density at radius 2 is 1.92 bits per heavy atom. The molecule has 4 aromatic rings. The molecule has 4 heterocycles. The second-order valence-corrected chi connectivity index (χ2v) is 10.1. The van der Waals surface area contributed by atoms with E-state index in [1.165, 1.54) is 0 Å². The molecule has 0 saturated carbocycles. The normalized spacial score (nSPS) is 16.7. The monoisotopic (exact) mass is 514 g/mol. The van der Waals surface area contributed by atoms with Gasteiger partial charge in [0.1, 0.15) is 10.7 Å². The first-order valence-electron chi connectivity index (χ1n) is 11.6. The van der Waals surface area contributed by atoms with Gasteiger partial charge in [-0.25, -0.2) is 9.97 Å². The van der Waals surface area contributed by atoms with Crippen LogP contribution < -0.4 is 4.90 Å². The van der Waals surface area contributed by atoms with Crippen LogP contribution in [0.15, 0.2) is 36.4 Å². The van der Waals surface area contributed by atoms with Gasteiger partial charge in [0.05, 0.1) is 23.1 Å². The number of anilines is 1. The molecule has 0 aliphatic carbocycles. The maximum absolute atomic E-state index is 13.6. The van der Waals surface area contributed by atoms with Crippen LogP contribution >= 0.6 is 11.3 Å². The number of hydrogen-bond acceptors (Lipinski definition) is 6. The van der Waals surface area contributed by atoms with E-state index in [2.05, 4.69) is 19.9 Å². The molecule has 1 saturated heterocycles. The average Bonchev–Trinajstić information content (AvgIpc) is 3.42. The third kappa shape index (κ3) is 4.79. The van der Waals surface area contributed by atoms with E-state index in [9.17, 15) is 18.0 Å². The zero-order chi connectivity index (χ0) is 25.6. The molecule has 1 fully saturated rings. The van der Waals surface area contributed by atoms with E-state index in [4.69, 9.17) is 0 Å². The van der Waals surface area contributed by atoms with Crippen LogP contribution in [0.3, 0.4) is 0 Å². The minimum atomic E-state index is -4.56. The van der Waals surface area contributed by atoms with Crippen LogP contribution in [0.5, 0.6) is 0 Å². The van der Waals surface area contributed by atoms with Crippen molar-refractivity contribution in [1.82, 2.24) is 24.8 Å². The summed E-state index contributed by atoms with van der Waals surface area (Å²) in [6.45, 7) is 6.94. The smallest absolute Gasteiger partial charge is 0.358 e. The summed E-state index contributed by atoms with van der Waals surface area (Å²) in [7, 11) is 0. The number of H-pyrrole nitrogens is 1. The van der Waals surface area contributed by atoms with Crippen LogP contribution in [0, 0.1) is 13.8 Å². The van der Waals surface area contributed by atoms with E-state index >= 15 is 0 Å². The molecular weight excluding hydrogens is 489 g/mol. The van der Waals surface area contributed by atoms with Crippen LogP contribution in [0.2, 0.25) is 0 Å². The standard InChI is InChI=1S/C25H25F3N6OS/c1-14-10-15(2)29-17(11-14)12-20(35)34-9-8-33(13-16(34)3)23-21(32-24(36-23)25(26,27)28)22-30-18-6-4-5-7-19(18)31-22/h4-7,10-11,16H,8-9,12-13H2,1-3H3,(H,30,31). The van der Waals surface area contributed by atoms with Crippen molar-refractivity contribution >= 4 is 33.3 Å². The third-order valence-corrected chi connectivity index (χ3v) is 7.34. The number of imidazole rings is 1. The summed E-state index contributed by atoms with van der Waals surface area (Å²) >= 11 is 0.612. The van der Waals surface area contributed by atoms with Crippen LogP contribution in [-0.4, -0.2) is 56.4 Å². The molecule has 0 radical (unpaired) electrons. The first-order valence-corrected chi connectivity index (χ1v) is 12.4. The number of fused-ring (bicyclic) bond motifs is 1. The molecule has 188 valence electrons. The Morgan fingerprint density at radius 3 is 2.61 bits per heavy atom. The minimum absolute atomic E-state index is 0.0440. The number of nitrogens with zero attached hydrogens (tertiary/aromatic N) is 5. The lowest BCUT2D eigenvalue weighted by molar-refractivity contribution is -0.137. The lowest BCUT2D eigenvalue weighted by atomic mass is 10.1. The molecule has 0 spiro atoms. The van der Waals surface area contributed by atoms with Gasteiger partial charge in [-0.3, -0.25) is 9.78 Å². The number of rotatable bonds is 4. The second kappa shape index (κ2) is 9.20. The molecule has 7 nitrogen and oxygen atoms in total. The average molecular weight is 515 g/mol. The zero-order valence-electron chi connectivity index (χ0n) is 20.1. The van der Waals surface area contributed by atoms with Crippen molar-refractivity contribution in [3.05, 3.63) is 58.4 Å². The molecule has 5 rings (SSSR count). The fourth-order valence-electron chi connectivity index (χ4n) is 4.65. The highest BCUT2D eigenvalue weighted by molar-refractivity contribution is 7.16. The SMILES string of the molecule is Cc1cc(C)nc(CC(=O)N2CCN(c3sc(C(F)(F)F)nc3-c3nc4ccccc4[nH]3)CC2C)c1. The molecule has 1 aliphatic heterocycles. The highest BCUT2D eigenvalue weighted by Gasteiger charge is 2.39. The van der Waals surface area contributed by atoms with E-state index in [0.29, 0.717) is 47.3 Å². The molecular formula is C25H25F3N6OS. The van der Waals surface area contributed by atoms with Crippen LogP contribution in [-0.2, 0) is 17.4 Å². The number of pyridine rings is 1. The summed E-state index contributed by atoms with van der Waals surface area (Å²) in [6, 6.07) is 10.9. The predicted molar refractivity (Wildman–Crippen MR) is 133 cm³/mol. The minimum Gasteiger partial charge on any atom is -0.358 e. The van der Waals surface area contributed by atoms with E-state index in [-0.39, 0.29) is 24.1 Å². The molecule has 0 bridgehead atoms. The van der Waals surface area contributed by atoms with Crippen LogP contribution in [0.4, 0.5) is 18.2 Å². The Kier molecular flexibility index (Phi) is 6.19. The number of carbonyl (C=O) groups is 1. The van der Waals surface area contributed by atoms with E-state index < -0.39 is 11.2 Å². The maximum atomic E-state index is 13.6. The lowest BCUT2D eigenvalue weighted by Gasteiger charge is -2.40. The summed E-state index contributed by atoms with van der Waals surface area (Å²) in [5.74, 6) is 0.252. The van der Waals surface area contributed by atoms with Gasteiger partial charge in [0, 0.05) is 31.4 Å². The number of hydrogen-bond donors (Lipinski definition) is 1. The fraction of sp³-hybridized carbons (Fsp3) is 0.360. The van der Waals surface area contributed by atoms with Gasteiger partial charge in [0.15, 0.2) is 5.82 Å². The van der Waals surface area contributed by atoms with Gasteiger partial charge < -0.3 is 14.8 Å². The topological polar surface area (TPSA) is 78.0 Å². The van der Waals surface area contributed by atoms with Gasteiger partial charge in [-0.2, -0.15) is 13.2 Å². The van der Waals surface area contributed by atoms with Crippen molar-refractivity contribution in [2.75, 3.05) is 24.5 Å². The van der Waals surface area contributed by atoms with Gasteiger partial charge in [0.2, 0.25) is 10.9 Å². The highest BCUT2D eigenvalue weighted by Crippen LogP contribution is 2.42. The zero-order valence-corrected chi connectivity index (χ0v) is 20.9. The Hall–Kier alpha value is -3.47. The number of para-hydroxylation sites is 2. The largest absolute Gasteiger partial charge is 0.443 e. The van der Waals surface area contributed by atoms with Crippen LogP contribution in [0.1, 0.15) is 28.9 Å². The highest BCUT2D eigenvalue weighted by atomic mass is 32.1. The molecule has 1 atom stereocenters. The third-order valence-electron chi connectivity index (χ3n) is 6.18. The summed E-state index contributed by atoms with van der Waals surface area (Å²) in [4.78, 5) is 32.7. The number of carbonyl (C=O) groups excluding carboxylic acids is 1. The predicted octanol–water partition coefficient (Wildman–Crippen LogP) is 5.00. The second-order valence-electron chi connectivity index (χ2n) is 9.11. The Morgan fingerprint density at radius 1 is 1.14 bits per heavy atom. The number of aromatic amines is 1. The number of aryl methyl sites for hydroxylation is 2. The number of halogens is 3. The van der Waals surface area contributed by atoms with Gasteiger partial charge in [0.25, 0.3) is 0 Å². The summed E-state index contributed by atoms with van der Waals surface area (Å²) in [5.41, 5.74) is 4.19. The Bertz CT molecular complexity index is 1380. The quantitative estimate of drug-likeness (QED) is 0.415. The van der Waals surface area contributed by atoms with Crippen molar-refractivity contribution in [2.45, 2.75) is 39.4 Å². The van der Waals surface area contributed by atoms with E-state index in [1.807, 2.05) is 56.0 Å². The number of amides is 1. The number of piperazine rings is 1. The summed E-state index contributed by atoms with van der Waals surface area (Å²) < 4.78 is 40.9. The molecule has 11 heteroatoms. The Balaban J connectivity index is 1.39. The summed E-state index contributed by atoms with van der Waals surface area (Å²) in [6.07, 6.45) is -4.37. The van der Waals surface area contributed by atoms with Crippen molar-refractivity contribution in [2.24, 2.45) is 0 Å².